The standard InChI is InChI=1S/C44H72N2O6/c1-27(2)37-31(47)24-44(34(48)26-46(22-21-45(9)10)25-29-11-12-29)20-19-42(7)30(38(37)44)13-14-33-41(6)17-16-35(52-36(49)23-28(3)39(50)51)40(4,5)32(41)15-18-43(33,42)8/h27-30,32-35,48H,11-26H2,1-10H3,(H,50,51). The first-order chi connectivity index (χ1) is 24.2. The monoisotopic (exact) mass is 725 g/mol. The molecule has 6 aliphatic carbocycles. The fourth-order valence-corrected chi connectivity index (χ4v) is 13.5. The Morgan fingerprint density at radius 1 is 0.865 bits per heavy atom. The highest BCUT2D eigenvalue weighted by atomic mass is 16.5. The van der Waals surface area contributed by atoms with Gasteiger partial charge in [-0.2, -0.15) is 0 Å². The van der Waals surface area contributed by atoms with Gasteiger partial charge in [-0.15, -0.1) is 0 Å². The molecule has 0 bridgehead atoms. The van der Waals surface area contributed by atoms with Gasteiger partial charge in [0.25, 0.3) is 0 Å². The maximum absolute atomic E-state index is 14.2. The smallest absolute Gasteiger partial charge is 0.306 e. The summed E-state index contributed by atoms with van der Waals surface area (Å²) >= 11 is 0. The first-order valence-corrected chi connectivity index (χ1v) is 21.0. The molecule has 0 heterocycles. The lowest BCUT2D eigenvalue weighted by molar-refractivity contribution is -0.235. The van der Waals surface area contributed by atoms with E-state index in [1.165, 1.54) is 18.4 Å². The molecule has 0 aromatic carbocycles. The van der Waals surface area contributed by atoms with Gasteiger partial charge in [-0.25, -0.2) is 0 Å². The number of likely N-dealkylation sites (N-methyl/N-ethyl adjacent to an activating group) is 1. The van der Waals surface area contributed by atoms with E-state index in [-0.39, 0.29) is 45.9 Å². The Kier molecular flexibility index (Phi) is 10.8. The molecule has 2 N–H and O–H groups in total. The summed E-state index contributed by atoms with van der Waals surface area (Å²) in [4.78, 5) is 43.3. The molecule has 0 radical (unpaired) electrons. The van der Waals surface area contributed by atoms with Crippen molar-refractivity contribution in [3.8, 4) is 0 Å². The number of hydrogen-bond acceptors (Lipinski definition) is 7. The molecule has 5 saturated carbocycles. The van der Waals surface area contributed by atoms with Crippen LogP contribution in [0.5, 0.6) is 0 Å². The van der Waals surface area contributed by atoms with Crippen molar-refractivity contribution in [3.63, 3.8) is 0 Å². The fraction of sp³-hybridized carbons (Fsp3) is 0.886. The largest absolute Gasteiger partial charge is 0.481 e. The summed E-state index contributed by atoms with van der Waals surface area (Å²) in [6.45, 7) is 21.8. The molecule has 5 fully saturated rings. The van der Waals surface area contributed by atoms with Gasteiger partial charge in [0, 0.05) is 43.4 Å². The molecule has 0 aromatic heterocycles. The summed E-state index contributed by atoms with van der Waals surface area (Å²) in [5.74, 6) is 0.256. The molecule has 6 aliphatic rings. The summed E-state index contributed by atoms with van der Waals surface area (Å²) in [5.41, 5.74) is 1.90. The maximum Gasteiger partial charge on any atom is 0.306 e. The number of carbonyl (C=O) groups excluding carboxylic acids is 2. The highest BCUT2D eigenvalue weighted by Gasteiger charge is 2.70. The first kappa shape index (κ1) is 39.9. The molecule has 294 valence electrons. The molecule has 0 aromatic rings. The predicted octanol–water partition coefficient (Wildman–Crippen LogP) is 7.62. The van der Waals surface area contributed by atoms with Crippen molar-refractivity contribution in [1.29, 1.82) is 0 Å². The van der Waals surface area contributed by atoms with E-state index < -0.39 is 29.4 Å². The molecule has 0 amide bonds. The van der Waals surface area contributed by atoms with Gasteiger partial charge < -0.3 is 19.8 Å². The molecular formula is C44H72N2O6. The van der Waals surface area contributed by atoms with E-state index in [4.69, 9.17) is 4.74 Å². The highest BCUT2D eigenvalue weighted by molar-refractivity contribution is 6.00. The lowest BCUT2D eigenvalue weighted by Crippen LogP contribution is -2.66. The normalized spacial score (nSPS) is 39.5. The molecule has 52 heavy (non-hydrogen) atoms. The quantitative estimate of drug-likeness (QED) is 0.187. The molecule has 6 rings (SSSR count). The van der Waals surface area contributed by atoms with Gasteiger partial charge in [0.05, 0.1) is 18.4 Å². The van der Waals surface area contributed by atoms with Crippen molar-refractivity contribution in [2.45, 2.75) is 145 Å². The molecule has 0 spiro atoms. The Labute approximate surface area is 314 Å². The maximum atomic E-state index is 14.2. The van der Waals surface area contributed by atoms with Crippen LogP contribution in [0.4, 0.5) is 0 Å². The molecule has 8 heteroatoms. The zero-order valence-electron chi connectivity index (χ0n) is 34.4. The zero-order valence-corrected chi connectivity index (χ0v) is 34.4. The van der Waals surface area contributed by atoms with E-state index in [0.717, 1.165) is 82.5 Å². The number of rotatable bonds is 13. The van der Waals surface area contributed by atoms with Gasteiger partial charge >= 0.3 is 11.9 Å². The van der Waals surface area contributed by atoms with Crippen LogP contribution < -0.4 is 0 Å². The lowest BCUT2D eigenvalue weighted by Gasteiger charge is -2.72. The average Bonchev–Trinajstić information content (AvgIpc) is 3.80. The highest BCUT2D eigenvalue weighted by Crippen LogP contribution is 2.77. The Bertz CT molecular complexity index is 1430. The molecule has 10 atom stereocenters. The topological polar surface area (TPSA) is 107 Å². The number of ether oxygens (including phenoxy) is 1. The number of nitrogens with zero attached hydrogens (tertiary/aromatic N) is 2. The third-order valence-electron chi connectivity index (χ3n) is 16.7. The first-order valence-electron chi connectivity index (χ1n) is 21.0. The van der Waals surface area contributed by atoms with Gasteiger partial charge in [0.15, 0.2) is 5.78 Å². The number of aliphatic hydroxyl groups excluding tert-OH is 1. The second-order valence-electron chi connectivity index (χ2n) is 20.7. The Morgan fingerprint density at radius 2 is 1.56 bits per heavy atom. The van der Waals surface area contributed by atoms with E-state index in [2.05, 4.69) is 72.4 Å². The van der Waals surface area contributed by atoms with Crippen LogP contribution in [0.3, 0.4) is 0 Å². The van der Waals surface area contributed by atoms with Crippen molar-refractivity contribution < 1.29 is 29.3 Å². The summed E-state index contributed by atoms with van der Waals surface area (Å²) < 4.78 is 6.12. The van der Waals surface area contributed by atoms with Crippen molar-refractivity contribution in [2.75, 3.05) is 40.3 Å². The fourth-order valence-electron chi connectivity index (χ4n) is 13.5. The Morgan fingerprint density at radius 3 is 2.17 bits per heavy atom. The van der Waals surface area contributed by atoms with Crippen LogP contribution in [0, 0.1) is 62.6 Å². The summed E-state index contributed by atoms with van der Waals surface area (Å²) in [6.07, 6.45) is 10.3. The van der Waals surface area contributed by atoms with E-state index in [9.17, 15) is 24.6 Å². The number of Topliss-reactive ketones (excluding diaryl/α,β-unsaturated/α-hetero) is 1. The number of aliphatic hydroxyl groups is 1. The van der Waals surface area contributed by atoms with Gasteiger partial charge in [0.1, 0.15) is 6.10 Å². The number of carbonyl (C=O) groups is 3. The van der Waals surface area contributed by atoms with Crippen LogP contribution >= 0.6 is 0 Å². The minimum atomic E-state index is -0.966. The number of aliphatic carboxylic acids is 1. The molecule has 8 nitrogen and oxygen atoms in total. The second-order valence-corrected chi connectivity index (χ2v) is 20.7. The van der Waals surface area contributed by atoms with E-state index >= 15 is 0 Å². The number of fused-ring (bicyclic) bond motifs is 7. The number of allylic oxidation sites excluding steroid dienone is 1. The minimum Gasteiger partial charge on any atom is -0.481 e. The van der Waals surface area contributed by atoms with Crippen molar-refractivity contribution in [2.24, 2.45) is 62.6 Å². The third kappa shape index (κ3) is 6.54. The lowest BCUT2D eigenvalue weighted by atomic mass is 9.33. The van der Waals surface area contributed by atoms with Crippen LogP contribution in [-0.2, 0) is 19.1 Å². The number of esters is 1. The number of hydrogen-bond donors (Lipinski definition) is 2. The average molecular weight is 725 g/mol. The van der Waals surface area contributed by atoms with Crippen molar-refractivity contribution >= 4 is 17.7 Å². The Hall–Kier alpha value is -1.77. The zero-order chi connectivity index (χ0) is 38.2. The van der Waals surface area contributed by atoms with E-state index in [1.54, 1.807) is 6.92 Å². The van der Waals surface area contributed by atoms with Gasteiger partial charge in [-0.1, -0.05) is 61.0 Å². The van der Waals surface area contributed by atoms with Crippen LogP contribution in [0.15, 0.2) is 11.1 Å². The molecule has 0 aliphatic heterocycles. The van der Waals surface area contributed by atoms with Crippen LogP contribution in [0.2, 0.25) is 0 Å². The van der Waals surface area contributed by atoms with Crippen molar-refractivity contribution in [1.82, 2.24) is 9.80 Å². The number of carboxylic acid groups (broad SMARTS) is 1. The van der Waals surface area contributed by atoms with Gasteiger partial charge in [-0.3, -0.25) is 19.3 Å². The van der Waals surface area contributed by atoms with Crippen molar-refractivity contribution in [3.05, 3.63) is 11.1 Å². The molecule has 10 unspecified atom stereocenters. The van der Waals surface area contributed by atoms with Crippen LogP contribution in [-0.4, -0.2) is 90.2 Å². The second kappa shape index (κ2) is 14.1. The predicted molar refractivity (Wildman–Crippen MR) is 204 cm³/mol. The van der Waals surface area contributed by atoms with Crippen LogP contribution in [0.1, 0.15) is 132 Å². The molecule has 0 saturated heterocycles. The number of ketones is 1. The number of carboxylic acids is 1. The van der Waals surface area contributed by atoms with Gasteiger partial charge in [0.2, 0.25) is 0 Å². The third-order valence-corrected chi connectivity index (χ3v) is 16.7. The van der Waals surface area contributed by atoms with E-state index in [1.807, 2.05) is 0 Å². The summed E-state index contributed by atoms with van der Waals surface area (Å²) in [7, 11) is 4.24. The SMILES string of the molecule is CC(C)C1=C2C3CCC4C5(C)CCC(OC(=O)CC(C)C(=O)O)C(C)(C)C5CCC4(C)C3(C)CCC2(C(O)CN(CCN(C)C)CC2CC2)CC1=O. The Balaban J connectivity index is 1.28. The van der Waals surface area contributed by atoms with Crippen LogP contribution in [0.25, 0.3) is 0 Å². The summed E-state index contributed by atoms with van der Waals surface area (Å²) in [6, 6.07) is 0. The molecular weight excluding hydrogens is 652 g/mol. The minimum absolute atomic E-state index is 0.0201. The summed E-state index contributed by atoms with van der Waals surface area (Å²) in [5, 5.41) is 21.9. The van der Waals surface area contributed by atoms with Gasteiger partial charge in [-0.05, 0) is 130 Å². The van der Waals surface area contributed by atoms with E-state index in [0.29, 0.717) is 30.7 Å².